The van der Waals surface area contributed by atoms with E-state index in [9.17, 15) is 0 Å². The maximum Gasteiger partial charge on any atom is 0.138 e. The van der Waals surface area contributed by atoms with Gasteiger partial charge in [0.2, 0.25) is 0 Å². The third-order valence-electron chi connectivity index (χ3n) is 2.52. The molecular weight excluding hydrogens is 244 g/mol. The molecule has 18 heavy (non-hydrogen) atoms. The fourth-order valence-electron chi connectivity index (χ4n) is 1.67. The van der Waals surface area contributed by atoms with Gasteiger partial charge in [-0.25, -0.2) is 0 Å². The van der Waals surface area contributed by atoms with Crippen LogP contribution in [0.15, 0.2) is 29.9 Å². The predicted molar refractivity (Wildman–Crippen MR) is 76.1 cm³/mol. The molecule has 0 aliphatic rings. The molecule has 2 aromatic rings. The standard InChI is InChI=1S/C14H18N2OS/c1-3-4-17-13-5-11(7-16-8-13)12-6-14(9-15-2)18-10-12/h5-8,10,15H,3-4,9H2,1-2H3. The Labute approximate surface area is 112 Å². The number of thiophene rings is 1. The third-order valence-corrected chi connectivity index (χ3v) is 3.46. The molecule has 0 radical (unpaired) electrons. The molecule has 0 bridgehead atoms. The Hall–Kier alpha value is -1.39. The van der Waals surface area contributed by atoms with Crippen molar-refractivity contribution < 1.29 is 4.74 Å². The molecule has 3 nitrogen and oxygen atoms in total. The summed E-state index contributed by atoms with van der Waals surface area (Å²) >= 11 is 1.76. The van der Waals surface area contributed by atoms with Gasteiger partial charge in [-0.05, 0) is 36.5 Å². The van der Waals surface area contributed by atoms with E-state index < -0.39 is 0 Å². The summed E-state index contributed by atoms with van der Waals surface area (Å²) in [6.45, 7) is 3.74. The molecule has 0 aliphatic heterocycles. The van der Waals surface area contributed by atoms with Gasteiger partial charge in [0.1, 0.15) is 5.75 Å². The summed E-state index contributed by atoms with van der Waals surface area (Å²) in [7, 11) is 1.96. The first kappa shape index (κ1) is 13.1. The van der Waals surface area contributed by atoms with Crippen LogP contribution in [0, 0.1) is 0 Å². The summed E-state index contributed by atoms with van der Waals surface area (Å²) in [6.07, 6.45) is 4.65. The molecule has 1 N–H and O–H groups in total. The van der Waals surface area contributed by atoms with E-state index in [0.29, 0.717) is 0 Å². The SMILES string of the molecule is CCCOc1cncc(-c2csc(CNC)c2)c1. The molecule has 0 unspecified atom stereocenters. The maximum atomic E-state index is 5.60. The largest absolute Gasteiger partial charge is 0.492 e. The summed E-state index contributed by atoms with van der Waals surface area (Å²) in [5, 5.41) is 5.32. The molecule has 2 rings (SSSR count). The molecule has 2 heterocycles. The highest BCUT2D eigenvalue weighted by molar-refractivity contribution is 7.10. The Morgan fingerprint density at radius 3 is 2.94 bits per heavy atom. The Bertz CT molecular complexity index is 496. The van der Waals surface area contributed by atoms with Crippen molar-refractivity contribution in [2.45, 2.75) is 19.9 Å². The number of pyridine rings is 1. The molecule has 0 atom stereocenters. The van der Waals surface area contributed by atoms with Crippen molar-refractivity contribution in [1.82, 2.24) is 10.3 Å². The fourth-order valence-corrected chi connectivity index (χ4v) is 2.58. The van der Waals surface area contributed by atoms with Crippen LogP contribution in [0.3, 0.4) is 0 Å². The zero-order chi connectivity index (χ0) is 12.8. The molecule has 0 amide bonds. The molecule has 0 spiro atoms. The highest BCUT2D eigenvalue weighted by Crippen LogP contribution is 2.27. The van der Waals surface area contributed by atoms with E-state index in [1.54, 1.807) is 17.5 Å². The van der Waals surface area contributed by atoms with Crippen molar-refractivity contribution in [2.24, 2.45) is 0 Å². The van der Waals surface area contributed by atoms with Crippen LogP contribution in [0.25, 0.3) is 11.1 Å². The first-order valence-corrected chi connectivity index (χ1v) is 7.01. The number of ether oxygens (including phenoxy) is 1. The van der Waals surface area contributed by atoms with Gasteiger partial charge in [0, 0.05) is 23.2 Å². The minimum Gasteiger partial charge on any atom is -0.492 e. The second kappa shape index (κ2) is 6.52. The Kier molecular flexibility index (Phi) is 4.73. The highest BCUT2D eigenvalue weighted by atomic mass is 32.1. The topological polar surface area (TPSA) is 34.1 Å². The van der Waals surface area contributed by atoms with Crippen molar-refractivity contribution in [2.75, 3.05) is 13.7 Å². The normalized spacial score (nSPS) is 10.6. The van der Waals surface area contributed by atoms with E-state index in [4.69, 9.17) is 4.74 Å². The van der Waals surface area contributed by atoms with Gasteiger partial charge in [-0.2, -0.15) is 0 Å². The van der Waals surface area contributed by atoms with Gasteiger partial charge in [-0.15, -0.1) is 11.3 Å². The van der Waals surface area contributed by atoms with Crippen LogP contribution in [0.5, 0.6) is 5.75 Å². The second-order valence-corrected chi connectivity index (χ2v) is 5.09. The molecule has 2 aromatic heterocycles. The summed E-state index contributed by atoms with van der Waals surface area (Å²) in [6, 6.07) is 4.25. The average molecular weight is 262 g/mol. The molecule has 0 fully saturated rings. The van der Waals surface area contributed by atoms with E-state index in [2.05, 4.69) is 28.7 Å². The lowest BCUT2D eigenvalue weighted by Gasteiger charge is -2.05. The molecule has 0 saturated heterocycles. The van der Waals surface area contributed by atoms with E-state index in [0.717, 1.165) is 30.9 Å². The van der Waals surface area contributed by atoms with Crippen LogP contribution >= 0.6 is 11.3 Å². The Morgan fingerprint density at radius 1 is 1.28 bits per heavy atom. The average Bonchev–Trinajstić information content (AvgIpc) is 2.86. The van der Waals surface area contributed by atoms with Crippen LogP contribution in [-0.4, -0.2) is 18.6 Å². The van der Waals surface area contributed by atoms with Crippen molar-refractivity contribution >= 4 is 11.3 Å². The van der Waals surface area contributed by atoms with Gasteiger partial charge in [-0.3, -0.25) is 4.98 Å². The van der Waals surface area contributed by atoms with Gasteiger partial charge in [0.15, 0.2) is 0 Å². The zero-order valence-corrected chi connectivity index (χ0v) is 11.6. The lowest BCUT2D eigenvalue weighted by Crippen LogP contribution is -2.02. The first-order chi connectivity index (χ1) is 8.83. The van der Waals surface area contributed by atoms with Crippen LogP contribution in [0.2, 0.25) is 0 Å². The smallest absolute Gasteiger partial charge is 0.138 e. The first-order valence-electron chi connectivity index (χ1n) is 6.13. The number of hydrogen-bond donors (Lipinski definition) is 1. The van der Waals surface area contributed by atoms with Crippen LogP contribution in [-0.2, 0) is 6.54 Å². The lowest BCUT2D eigenvalue weighted by molar-refractivity contribution is 0.316. The van der Waals surface area contributed by atoms with Gasteiger partial charge in [-0.1, -0.05) is 6.92 Å². The van der Waals surface area contributed by atoms with E-state index in [1.165, 1.54) is 10.4 Å². The minimum atomic E-state index is 0.736. The molecule has 0 saturated carbocycles. The predicted octanol–water partition coefficient (Wildman–Crippen LogP) is 3.32. The van der Waals surface area contributed by atoms with Gasteiger partial charge in [0.25, 0.3) is 0 Å². The Morgan fingerprint density at radius 2 is 2.17 bits per heavy atom. The molecule has 4 heteroatoms. The lowest BCUT2D eigenvalue weighted by atomic mass is 10.1. The van der Waals surface area contributed by atoms with Crippen molar-refractivity contribution in [3.63, 3.8) is 0 Å². The number of nitrogens with one attached hydrogen (secondary N) is 1. The number of nitrogens with zero attached hydrogens (tertiary/aromatic N) is 1. The van der Waals surface area contributed by atoms with E-state index in [1.807, 2.05) is 19.3 Å². The summed E-state index contributed by atoms with van der Waals surface area (Å²) in [4.78, 5) is 5.56. The minimum absolute atomic E-state index is 0.736. The van der Waals surface area contributed by atoms with Crippen LogP contribution in [0.1, 0.15) is 18.2 Å². The van der Waals surface area contributed by atoms with E-state index >= 15 is 0 Å². The van der Waals surface area contributed by atoms with Gasteiger partial charge >= 0.3 is 0 Å². The maximum absolute atomic E-state index is 5.60. The monoisotopic (exact) mass is 262 g/mol. The van der Waals surface area contributed by atoms with E-state index in [-0.39, 0.29) is 0 Å². The van der Waals surface area contributed by atoms with Crippen molar-refractivity contribution in [1.29, 1.82) is 0 Å². The van der Waals surface area contributed by atoms with Gasteiger partial charge < -0.3 is 10.1 Å². The highest BCUT2D eigenvalue weighted by Gasteiger charge is 2.04. The summed E-state index contributed by atoms with van der Waals surface area (Å²) < 4.78 is 5.60. The second-order valence-electron chi connectivity index (χ2n) is 4.09. The van der Waals surface area contributed by atoms with Crippen molar-refractivity contribution in [3.8, 4) is 16.9 Å². The number of rotatable bonds is 6. The van der Waals surface area contributed by atoms with Crippen molar-refractivity contribution in [3.05, 3.63) is 34.8 Å². The summed E-state index contributed by atoms with van der Waals surface area (Å²) in [5.41, 5.74) is 2.32. The quantitative estimate of drug-likeness (QED) is 0.867. The zero-order valence-electron chi connectivity index (χ0n) is 10.8. The molecular formula is C14H18N2OS. The third kappa shape index (κ3) is 3.31. The molecule has 0 aromatic carbocycles. The van der Waals surface area contributed by atoms with Crippen LogP contribution in [0.4, 0.5) is 0 Å². The fraction of sp³-hybridized carbons (Fsp3) is 0.357. The number of hydrogen-bond acceptors (Lipinski definition) is 4. The number of aromatic nitrogens is 1. The molecule has 96 valence electrons. The molecule has 0 aliphatic carbocycles. The van der Waals surface area contributed by atoms with Gasteiger partial charge in [0.05, 0.1) is 12.8 Å². The Balaban J connectivity index is 2.15. The summed E-state index contributed by atoms with van der Waals surface area (Å²) in [5.74, 6) is 0.843. The van der Waals surface area contributed by atoms with Crippen LogP contribution < -0.4 is 10.1 Å².